The van der Waals surface area contributed by atoms with Gasteiger partial charge in [0.15, 0.2) is 5.76 Å². The van der Waals surface area contributed by atoms with E-state index in [1.54, 1.807) is 30.5 Å². The quantitative estimate of drug-likeness (QED) is 0.906. The minimum absolute atomic E-state index is 0.00795. The number of rotatable bonds is 2. The van der Waals surface area contributed by atoms with Crippen molar-refractivity contribution in [3.63, 3.8) is 0 Å². The molecule has 0 spiro atoms. The second-order valence-electron chi connectivity index (χ2n) is 6.23. The first-order chi connectivity index (χ1) is 9.71. The molecule has 1 aromatic rings. The fourth-order valence-corrected chi connectivity index (χ4v) is 3.31. The summed E-state index contributed by atoms with van der Waals surface area (Å²) in [5, 5.41) is 6.65. The number of aryl methyl sites for hydroxylation is 2. The third-order valence-electron chi connectivity index (χ3n) is 3.37. The van der Waals surface area contributed by atoms with E-state index in [0.29, 0.717) is 28.8 Å². The third kappa shape index (κ3) is 3.23. The van der Waals surface area contributed by atoms with E-state index >= 15 is 0 Å². The molecule has 1 atom stereocenters. The molecule has 0 aliphatic carbocycles. The molecule has 1 unspecified atom stereocenters. The molecule has 7 heteroatoms. The van der Waals surface area contributed by atoms with Crippen LogP contribution in [0.25, 0.3) is 0 Å². The molecule has 1 saturated heterocycles. The number of nitrogens with zero attached hydrogens (tertiary/aromatic N) is 2. The van der Waals surface area contributed by atoms with E-state index in [0.717, 1.165) is 0 Å². The number of nitrogens with one attached hydrogen (secondary N) is 1. The van der Waals surface area contributed by atoms with Gasteiger partial charge >= 0.3 is 0 Å². The van der Waals surface area contributed by atoms with Gasteiger partial charge in [-0.3, -0.25) is 9.59 Å². The highest BCUT2D eigenvalue weighted by molar-refractivity contribution is 7.99. The molecule has 2 amide bonds. The molecule has 2 heterocycles. The number of hydrogen-bond acceptors (Lipinski definition) is 5. The Bertz CT molecular complexity index is 543. The predicted molar refractivity (Wildman–Crippen MR) is 82.0 cm³/mol. The maximum Gasteiger partial charge on any atom is 0.248 e. The Labute approximate surface area is 128 Å². The van der Waals surface area contributed by atoms with Crippen LogP contribution in [0, 0.1) is 19.3 Å². The van der Waals surface area contributed by atoms with Crippen molar-refractivity contribution in [1.29, 1.82) is 0 Å². The van der Waals surface area contributed by atoms with Gasteiger partial charge in [0.2, 0.25) is 11.8 Å². The summed E-state index contributed by atoms with van der Waals surface area (Å²) in [6.07, 6.45) is 0. The molecule has 1 aliphatic heterocycles. The first-order valence-electron chi connectivity index (χ1n) is 6.84. The van der Waals surface area contributed by atoms with E-state index in [1.807, 2.05) is 20.8 Å². The minimum Gasteiger partial charge on any atom is -0.359 e. The van der Waals surface area contributed by atoms with E-state index in [1.165, 1.54) is 0 Å². The smallest absolute Gasteiger partial charge is 0.248 e. The number of amides is 2. The maximum absolute atomic E-state index is 12.5. The van der Waals surface area contributed by atoms with E-state index in [2.05, 4.69) is 10.5 Å². The van der Waals surface area contributed by atoms with Crippen LogP contribution >= 0.6 is 11.8 Å². The SMILES string of the molecule is Cc1noc(C)c1NC(=O)C1CSCN1C(=O)C(C)(C)C. The topological polar surface area (TPSA) is 75.4 Å². The zero-order valence-electron chi connectivity index (χ0n) is 13.0. The van der Waals surface area contributed by atoms with Gasteiger partial charge in [0.05, 0.1) is 5.88 Å². The summed E-state index contributed by atoms with van der Waals surface area (Å²) in [6, 6.07) is -0.449. The second kappa shape index (κ2) is 5.71. The Hall–Kier alpha value is -1.50. The van der Waals surface area contributed by atoms with Gasteiger partial charge in [0.25, 0.3) is 0 Å². The van der Waals surface area contributed by atoms with Crippen molar-refractivity contribution in [2.75, 3.05) is 16.9 Å². The molecule has 0 aromatic carbocycles. The molecule has 21 heavy (non-hydrogen) atoms. The van der Waals surface area contributed by atoms with Crippen LogP contribution in [0.3, 0.4) is 0 Å². The lowest BCUT2D eigenvalue weighted by Gasteiger charge is -2.29. The number of carbonyl (C=O) groups is 2. The summed E-state index contributed by atoms with van der Waals surface area (Å²) in [4.78, 5) is 26.5. The van der Waals surface area contributed by atoms with Gasteiger partial charge in [-0.2, -0.15) is 0 Å². The largest absolute Gasteiger partial charge is 0.359 e. The standard InChI is InChI=1S/C14H21N3O3S/c1-8-11(9(2)20-16-8)15-12(18)10-6-21-7-17(10)13(19)14(3,4)5/h10H,6-7H2,1-5H3,(H,15,18). The van der Waals surface area contributed by atoms with Gasteiger partial charge in [0.1, 0.15) is 17.4 Å². The Balaban J connectivity index is 2.13. The fraction of sp³-hybridized carbons (Fsp3) is 0.643. The van der Waals surface area contributed by atoms with Gasteiger partial charge < -0.3 is 14.7 Å². The summed E-state index contributed by atoms with van der Waals surface area (Å²) >= 11 is 1.59. The maximum atomic E-state index is 12.5. The normalized spacial score (nSPS) is 18.9. The molecule has 0 radical (unpaired) electrons. The number of anilines is 1. The van der Waals surface area contributed by atoms with Crippen LogP contribution in [0.15, 0.2) is 4.52 Å². The van der Waals surface area contributed by atoms with Crippen LogP contribution in [-0.4, -0.2) is 39.5 Å². The molecular formula is C14H21N3O3S. The first-order valence-corrected chi connectivity index (χ1v) is 8.00. The van der Waals surface area contributed by atoms with Crippen molar-refractivity contribution < 1.29 is 14.1 Å². The molecule has 1 aromatic heterocycles. The van der Waals surface area contributed by atoms with Crippen LogP contribution in [-0.2, 0) is 9.59 Å². The van der Waals surface area contributed by atoms with E-state index in [9.17, 15) is 9.59 Å². The van der Waals surface area contributed by atoms with Crippen LogP contribution in [0.4, 0.5) is 5.69 Å². The first kappa shape index (κ1) is 15.9. The summed E-state index contributed by atoms with van der Waals surface area (Å²) in [6.45, 7) is 9.11. The monoisotopic (exact) mass is 311 g/mol. The average Bonchev–Trinajstić information content (AvgIpc) is 2.98. The van der Waals surface area contributed by atoms with Gasteiger partial charge in [-0.1, -0.05) is 25.9 Å². The zero-order chi connectivity index (χ0) is 15.8. The van der Waals surface area contributed by atoms with Crippen molar-refractivity contribution in [1.82, 2.24) is 10.1 Å². The number of aromatic nitrogens is 1. The van der Waals surface area contributed by atoms with Gasteiger partial charge in [0, 0.05) is 11.2 Å². The third-order valence-corrected chi connectivity index (χ3v) is 4.38. The van der Waals surface area contributed by atoms with Gasteiger partial charge in [-0.15, -0.1) is 11.8 Å². The number of hydrogen-bond donors (Lipinski definition) is 1. The second-order valence-corrected chi connectivity index (χ2v) is 7.23. The van der Waals surface area contributed by atoms with Crippen molar-refractivity contribution >= 4 is 29.3 Å². The summed E-state index contributed by atoms with van der Waals surface area (Å²) in [5.41, 5.74) is 0.743. The highest BCUT2D eigenvalue weighted by atomic mass is 32.2. The van der Waals surface area contributed by atoms with Crippen LogP contribution < -0.4 is 5.32 Å². The lowest BCUT2D eigenvalue weighted by atomic mass is 9.94. The Kier molecular flexibility index (Phi) is 4.32. The Morgan fingerprint density at radius 3 is 2.57 bits per heavy atom. The lowest BCUT2D eigenvalue weighted by molar-refractivity contribution is -0.143. The Morgan fingerprint density at radius 1 is 1.38 bits per heavy atom. The van der Waals surface area contributed by atoms with E-state index in [4.69, 9.17) is 4.52 Å². The van der Waals surface area contributed by atoms with Crippen molar-refractivity contribution in [3.05, 3.63) is 11.5 Å². The van der Waals surface area contributed by atoms with E-state index < -0.39 is 11.5 Å². The van der Waals surface area contributed by atoms with Crippen molar-refractivity contribution in [2.45, 2.75) is 40.7 Å². The molecule has 1 fully saturated rings. The summed E-state index contributed by atoms with van der Waals surface area (Å²) < 4.78 is 5.04. The fourth-order valence-electron chi connectivity index (χ4n) is 2.16. The highest BCUT2D eigenvalue weighted by Gasteiger charge is 2.39. The zero-order valence-corrected chi connectivity index (χ0v) is 13.8. The number of carbonyl (C=O) groups excluding carboxylic acids is 2. The van der Waals surface area contributed by atoms with Crippen molar-refractivity contribution in [2.24, 2.45) is 5.41 Å². The van der Waals surface area contributed by atoms with Gasteiger partial charge in [-0.25, -0.2) is 0 Å². The Morgan fingerprint density at radius 2 is 2.05 bits per heavy atom. The molecule has 0 bridgehead atoms. The van der Waals surface area contributed by atoms with Crippen LogP contribution in [0.5, 0.6) is 0 Å². The average molecular weight is 311 g/mol. The summed E-state index contributed by atoms with van der Waals surface area (Å²) in [7, 11) is 0. The predicted octanol–water partition coefficient (Wildman–Crippen LogP) is 2.18. The lowest BCUT2D eigenvalue weighted by Crippen LogP contribution is -2.48. The molecule has 2 rings (SSSR count). The minimum atomic E-state index is -0.494. The van der Waals surface area contributed by atoms with Crippen LogP contribution in [0.1, 0.15) is 32.2 Å². The molecule has 1 aliphatic rings. The molecule has 1 N–H and O–H groups in total. The molecule has 116 valence electrons. The molecule has 0 saturated carbocycles. The highest BCUT2D eigenvalue weighted by Crippen LogP contribution is 2.28. The molecule has 6 nitrogen and oxygen atoms in total. The van der Waals surface area contributed by atoms with Gasteiger partial charge in [-0.05, 0) is 13.8 Å². The van der Waals surface area contributed by atoms with Crippen LogP contribution in [0.2, 0.25) is 0 Å². The van der Waals surface area contributed by atoms with E-state index in [-0.39, 0.29) is 11.8 Å². The summed E-state index contributed by atoms with van der Waals surface area (Å²) in [5.74, 6) is 1.53. The number of thioether (sulfide) groups is 1. The van der Waals surface area contributed by atoms with Crippen molar-refractivity contribution in [3.8, 4) is 0 Å². The molecular weight excluding hydrogens is 290 g/mol.